The van der Waals surface area contributed by atoms with Crippen LogP contribution < -0.4 is 10.6 Å². The van der Waals surface area contributed by atoms with E-state index in [2.05, 4.69) is 10.6 Å². The molecule has 2 N–H and O–H groups in total. The first-order valence-electron chi connectivity index (χ1n) is 16.6. The van der Waals surface area contributed by atoms with E-state index in [0.29, 0.717) is 0 Å². The van der Waals surface area contributed by atoms with Crippen LogP contribution >= 0.6 is 0 Å². The minimum Gasteiger partial charge on any atom is -0.431 e. The molecule has 0 aliphatic carbocycles. The summed E-state index contributed by atoms with van der Waals surface area (Å²) in [5.41, 5.74) is 1.30. The van der Waals surface area contributed by atoms with Crippen LogP contribution in [-0.4, -0.2) is 74.1 Å². The van der Waals surface area contributed by atoms with Crippen LogP contribution in [0.2, 0.25) is 0 Å². The van der Waals surface area contributed by atoms with E-state index >= 15 is 0 Å². The molecular formula is C40H44N4O6. The van der Waals surface area contributed by atoms with Crippen molar-refractivity contribution in [2.24, 2.45) is 11.8 Å². The molecule has 260 valence electrons. The molecule has 0 bridgehead atoms. The lowest BCUT2D eigenvalue weighted by molar-refractivity contribution is -0.127. The van der Waals surface area contributed by atoms with Gasteiger partial charge in [-0.3, -0.25) is 9.59 Å². The molecule has 2 saturated heterocycles. The minimum atomic E-state index is -1.04. The second-order valence-corrected chi connectivity index (χ2v) is 12.6. The summed E-state index contributed by atoms with van der Waals surface area (Å²) in [7, 11) is 6.56. The number of carbonyl (C=O) groups excluding carboxylic acids is 4. The van der Waals surface area contributed by atoms with Gasteiger partial charge in [0.1, 0.15) is 0 Å². The summed E-state index contributed by atoms with van der Waals surface area (Å²) < 4.78 is 11.9. The van der Waals surface area contributed by atoms with E-state index in [1.165, 1.54) is 9.80 Å². The third-order valence-corrected chi connectivity index (χ3v) is 9.82. The number of likely N-dealkylation sites (N-methyl/N-ethyl adjacent to an activating group) is 2. The number of rotatable bonds is 8. The maximum absolute atomic E-state index is 12.5. The van der Waals surface area contributed by atoms with Crippen molar-refractivity contribution in [1.82, 2.24) is 20.4 Å². The van der Waals surface area contributed by atoms with Crippen LogP contribution in [0.5, 0.6) is 0 Å². The van der Waals surface area contributed by atoms with Crippen LogP contribution in [0, 0.1) is 11.8 Å². The molecule has 0 spiro atoms. The molecule has 10 nitrogen and oxygen atoms in total. The van der Waals surface area contributed by atoms with Gasteiger partial charge in [-0.15, -0.1) is 0 Å². The first kappa shape index (κ1) is 35.7. The maximum atomic E-state index is 12.5. The van der Waals surface area contributed by atoms with Gasteiger partial charge in [-0.25, -0.2) is 9.59 Å². The third-order valence-electron chi connectivity index (χ3n) is 9.82. The fourth-order valence-corrected chi connectivity index (χ4v) is 7.42. The average molecular weight is 677 g/mol. The monoisotopic (exact) mass is 676 g/mol. The largest absolute Gasteiger partial charge is 0.431 e. The summed E-state index contributed by atoms with van der Waals surface area (Å²) in [4.78, 5) is 52.9. The zero-order chi connectivity index (χ0) is 36.1. The zero-order valence-corrected chi connectivity index (χ0v) is 29.2. The molecule has 4 aromatic carbocycles. The Morgan fingerprint density at radius 1 is 0.540 bits per heavy atom. The Kier molecular flexibility index (Phi) is 10.6. The first-order chi connectivity index (χ1) is 24.0. The molecule has 0 aromatic heterocycles. The molecule has 2 aliphatic heterocycles. The van der Waals surface area contributed by atoms with Gasteiger partial charge in [0.05, 0.1) is 23.9 Å². The van der Waals surface area contributed by atoms with Gasteiger partial charge in [-0.2, -0.15) is 0 Å². The van der Waals surface area contributed by atoms with Gasteiger partial charge in [0.2, 0.25) is 11.8 Å². The van der Waals surface area contributed by atoms with Crippen LogP contribution in [0.15, 0.2) is 121 Å². The van der Waals surface area contributed by atoms with Gasteiger partial charge in [-0.05, 0) is 0 Å². The van der Waals surface area contributed by atoms with E-state index in [1.54, 1.807) is 28.2 Å². The molecule has 0 saturated carbocycles. The van der Waals surface area contributed by atoms with Crippen molar-refractivity contribution in [2.45, 2.75) is 37.1 Å². The van der Waals surface area contributed by atoms with Crippen molar-refractivity contribution >= 4 is 24.0 Å². The molecule has 4 atom stereocenters. The zero-order valence-electron chi connectivity index (χ0n) is 29.2. The highest BCUT2D eigenvalue weighted by Crippen LogP contribution is 2.48. The molecule has 2 fully saturated rings. The van der Waals surface area contributed by atoms with Crippen LogP contribution in [0.1, 0.15) is 36.1 Å². The molecule has 4 aromatic rings. The smallest absolute Gasteiger partial charge is 0.411 e. The lowest BCUT2D eigenvalue weighted by atomic mass is 9.75. The van der Waals surface area contributed by atoms with Crippen LogP contribution in [0.3, 0.4) is 0 Å². The summed E-state index contributed by atoms with van der Waals surface area (Å²) in [6.45, 7) is 3.64. The number of hydrogen-bond acceptors (Lipinski definition) is 6. The van der Waals surface area contributed by atoms with Crippen LogP contribution in [0.25, 0.3) is 0 Å². The number of nitrogens with one attached hydrogen (secondary N) is 2. The fourth-order valence-electron chi connectivity index (χ4n) is 7.42. The Bertz CT molecular complexity index is 1580. The van der Waals surface area contributed by atoms with Gasteiger partial charge in [-0.1, -0.05) is 135 Å². The second kappa shape index (κ2) is 14.9. The average Bonchev–Trinajstić information content (AvgIpc) is 3.60. The van der Waals surface area contributed by atoms with E-state index < -0.39 is 47.3 Å². The number of ether oxygens (including phenoxy) is 2. The number of hydrogen-bond donors (Lipinski definition) is 2. The van der Waals surface area contributed by atoms with Crippen molar-refractivity contribution in [2.75, 3.05) is 28.2 Å². The van der Waals surface area contributed by atoms with Crippen molar-refractivity contribution in [3.63, 3.8) is 0 Å². The predicted octanol–water partition coefficient (Wildman–Crippen LogP) is 5.53. The molecule has 2 aliphatic rings. The number of carbonyl (C=O) groups is 4. The Labute approximate surface area is 293 Å². The van der Waals surface area contributed by atoms with E-state index in [-0.39, 0.29) is 11.8 Å². The Balaban J connectivity index is 0.000000194. The second-order valence-electron chi connectivity index (χ2n) is 12.6. The highest BCUT2D eigenvalue weighted by molar-refractivity contribution is 5.83. The Hall–Kier alpha value is -5.64. The molecule has 50 heavy (non-hydrogen) atoms. The molecule has 10 heteroatoms. The standard InChI is InChI=1S/2C20H22N2O3/c2*1-14(18(23)21-2)17-20(25-19(24)22(17)3,15-10-6-4-7-11-15)16-12-8-5-9-13-16/h2*4-14,17H,1-3H3,(H,21,23)/t2*14-,17+/m10/s1. The number of cyclic esters (lactones) is 2. The van der Waals surface area contributed by atoms with Crippen molar-refractivity contribution in [3.05, 3.63) is 144 Å². The lowest BCUT2D eigenvalue weighted by Crippen LogP contribution is -2.51. The van der Waals surface area contributed by atoms with E-state index in [4.69, 9.17) is 9.47 Å². The quantitative estimate of drug-likeness (QED) is 0.254. The van der Waals surface area contributed by atoms with Crippen molar-refractivity contribution < 1.29 is 28.7 Å². The molecule has 6 rings (SSSR count). The van der Waals surface area contributed by atoms with Gasteiger partial charge >= 0.3 is 12.2 Å². The SMILES string of the molecule is CNC(=O)[C@@H](C)[C@H]1N(C)C(=O)OC1(c1ccccc1)c1ccccc1.CNC(=O)[C@H](C)[C@@H]1N(C)C(=O)OC1(c1ccccc1)c1ccccc1. The molecule has 2 heterocycles. The summed E-state index contributed by atoms with van der Waals surface area (Å²) in [6, 6.07) is 37.5. The van der Waals surface area contributed by atoms with Gasteiger partial charge in [0, 0.05) is 50.4 Å². The third kappa shape index (κ3) is 6.17. The fraction of sp³-hybridized carbons (Fsp3) is 0.300. The maximum Gasteiger partial charge on any atom is 0.411 e. The molecular weight excluding hydrogens is 632 g/mol. The van der Waals surface area contributed by atoms with Crippen LogP contribution in [-0.2, 0) is 30.3 Å². The molecule has 0 unspecified atom stereocenters. The van der Waals surface area contributed by atoms with E-state index in [9.17, 15) is 19.2 Å². The number of amides is 4. The van der Waals surface area contributed by atoms with Crippen molar-refractivity contribution in [3.8, 4) is 0 Å². The highest BCUT2D eigenvalue weighted by atomic mass is 16.6. The Morgan fingerprint density at radius 2 is 0.780 bits per heavy atom. The predicted molar refractivity (Wildman–Crippen MR) is 190 cm³/mol. The highest BCUT2D eigenvalue weighted by Gasteiger charge is 2.59. The summed E-state index contributed by atoms with van der Waals surface area (Å²) in [5.74, 6) is -1.18. The molecule has 4 amide bonds. The number of nitrogens with zero attached hydrogens (tertiary/aromatic N) is 2. The topological polar surface area (TPSA) is 117 Å². The van der Waals surface area contributed by atoms with Gasteiger partial charge in [0.15, 0.2) is 11.2 Å². The minimum absolute atomic E-state index is 0.133. The van der Waals surface area contributed by atoms with E-state index in [0.717, 1.165) is 22.3 Å². The normalized spacial score (nSPS) is 20.0. The van der Waals surface area contributed by atoms with Gasteiger partial charge in [0.25, 0.3) is 0 Å². The first-order valence-corrected chi connectivity index (χ1v) is 16.6. The summed E-state index contributed by atoms with van der Waals surface area (Å²) in [6.07, 6.45) is -0.873. The van der Waals surface area contributed by atoms with Crippen LogP contribution in [0.4, 0.5) is 9.59 Å². The molecule has 0 radical (unpaired) electrons. The summed E-state index contributed by atoms with van der Waals surface area (Å²) >= 11 is 0. The summed E-state index contributed by atoms with van der Waals surface area (Å²) in [5, 5.41) is 5.37. The van der Waals surface area contributed by atoms with Gasteiger partial charge < -0.3 is 29.9 Å². The Morgan fingerprint density at radius 3 is 1.00 bits per heavy atom. The lowest BCUT2D eigenvalue weighted by Gasteiger charge is -2.37. The number of benzene rings is 4. The van der Waals surface area contributed by atoms with E-state index in [1.807, 2.05) is 135 Å². The van der Waals surface area contributed by atoms with Crippen molar-refractivity contribution in [1.29, 1.82) is 0 Å².